The molecular weight excluding hydrogens is 264 g/mol. The third kappa shape index (κ3) is 2.55. The van der Waals surface area contributed by atoms with Gasteiger partial charge in [0.15, 0.2) is 0 Å². The lowest BCUT2D eigenvalue weighted by atomic mass is 9.87. The molecule has 1 aliphatic carbocycles. The van der Waals surface area contributed by atoms with Crippen molar-refractivity contribution in [1.29, 1.82) is 4.78 Å². The molecule has 0 saturated carbocycles. The Kier molecular flexibility index (Phi) is 3.73. The Balaban J connectivity index is 2.74. The number of nitrogens with one attached hydrogen (secondary N) is 1. The van der Waals surface area contributed by atoms with Crippen molar-refractivity contribution in [2.75, 3.05) is 20.5 Å². The molecule has 0 amide bonds. The molecule has 19 heavy (non-hydrogen) atoms. The predicted molar refractivity (Wildman–Crippen MR) is 74.6 cm³/mol. The van der Waals surface area contributed by atoms with E-state index in [9.17, 15) is 4.21 Å². The second-order valence-electron chi connectivity index (χ2n) is 4.91. The van der Waals surface area contributed by atoms with Crippen LogP contribution in [0, 0.1) is 4.78 Å². The van der Waals surface area contributed by atoms with Crippen molar-refractivity contribution >= 4 is 9.73 Å². The number of methoxy groups -OCH3 is 2. The van der Waals surface area contributed by atoms with Crippen molar-refractivity contribution in [3.05, 3.63) is 17.2 Å². The fourth-order valence-electron chi connectivity index (χ4n) is 2.58. The maximum Gasteiger partial charge on any atom is 0.139 e. The quantitative estimate of drug-likeness (QED) is 0.882. The summed E-state index contributed by atoms with van der Waals surface area (Å²) in [4.78, 5) is 0.404. The standard InChI is InChI=1S/C13H20N2O3S/c1-17-11-7-12(19(3,15)16)13(18-2)9-5-4-8(14)6-10(9)11/h7-8,15H,4-6,14H2,1-3H3. The normalized spacial score (nSPS) is 21.4. The molecule has 1 aromatic rings. The lowest BCUT2D eigenvalue weighted by Crippen LogP contribution is -2.28. The second kappa shape index (κ2) is 5.02. The Morgan fingerprint density at radius 1 is 1.37 bits per heavy atom. The van der Waals surface area contributed by atoms with Crippen molar-refractivity contribution in [1.82, 2.24) is 0 Å². The van der Waals surface area contributed by atoms with Crippen LogP contribution in [0.3, 0.4) is 0 Å². The molecule has 1 aromatic carbocycles. The Labute approximate surface area is 114 Å². The van der Waals surface area contributed by atoms with Gasteiger partial charge in [-0.1, -0.05) is 0 Å². The molecule has 5 nitrogen and oxygen atoms in total. The van der Waals surface area contributed by atoms with E-state index in [2.05, 4.69) is 0 Å². The van der Waals surface area contributed by atoms with Gasteiger partial charge >= 0.3 is 0 Å². The maximum atomic E-state index is 12.1. The van der Waals surface area contributed by atoms with Crippen LogP contribution in [0.15, 0.2) is 11.0 Å². The Morgan fingerprint density at radius 3 is 2.58 bits per heavy atom. The van der Waals surface area contributed by atoms with Crippen LogP contribution in [-0.2, 0) is 22.6 Å². The van der Waals surface area contributed by atoms with E-state index in [4.69, 9.17) is 20.0 Å². The summed E-state index contributed by atoms with van der Waals surface area (Å²) in [5.74, 6) is 1.22. The van der Waals surface area contributed by atoms with Crippen molar-refractivity contribution in [3.63, 3.8) is 0 Å². The van der Waals surface area contributed by atoms with Crippen molar-refractivity contribution in [2.24, 2.45) is 5.73 Å². The van der Waals surface area contributed by atoms with E-state index in [-0.39, 0.29) is 6.04 Å². The molecule has 0 aliphatic heterocycles. The van der Waals surface area contributed by atoms with Gasteiger partial charge in [-0.05, 0) is 19.3 Å². The average molecular weight is 284 g/mol. The predicted octanol–water partition coefficient (Wildman–Crippen LogP) is 1.56. The first-order valence-electron chi connectivity index (χ1n) is 6.14. The number of rotatable bonds is 3. The van der Waals surface area contributed by atoms with Crippen LogP contribution < -0.4 is 15.2 Å². The summed E-state index contributed by atoms with van der Waals surface area (Å²) < 4.78 is 30.7. The molecular formula is C13H20N2O3S. The highest BCUT2D eigenvalue weighted by Gasteiger charge is 2.27. The monoisotopic (exact) mass is 284 g/mol. The maximum absolute atomic E-state index is 12.1. The van der Waals surface area contributed by atoms with E-state index in [0.29, 0.717) is 16.4 Å². The smallest absolute Gasteiger partial charge is 0.139 e. The number of hydrogen-bond donors (Lipinski definition) is 2. The summed E-state index contributed by atoms with van der Waals surface area (Å²) in [5.41, 5.74) is 8.00. The van der Waals surface area contributed by atoms with Gasteiger partial charge in [-0.3, -0.25) is 0 Å². The molecule has 0 saturated heterocycles. The van der Waals surface area contributed by atoms with E-state index >= 15 is 0 Å². The van der Waals surface area contributed by atoms with Crippen LogP contribution in [0.1, 0.15) is 17.5 Å². The number of nitrogens with two attached hydrogens (primary N) is 1. The van der Waals surface area contributed by atoms with Crippen LogP contribution in [-0.4, -0.2) is 30.7 Å². The highest BCUT2D eigenvalue weighted by molar-refractivity contribution is 7.91. The third-order valence-corrected chi connectivity index (χ3v) is 4.64. The number of ether oxygens (including phenoxy) is 2. The number of hydrogen-bond acceptors (Lipinski definition) is 5. The van der Waals surface area contributed by atoms with E-state index < -0.39 is 9.73 Å². The van der Waals surface area contributed by atoms with E-state index in [1.807, 2.05) is 0 Å². The summed E-state index contributed by atoms with van der Waals surface area (Å²) in [6.07, 6.45) is 3.74. The van der Waals surface area contributed by atoms with Crippen molar-refractivity contribution in [2.45, 2.75) is 30.2 Å². The third-order valence-electron chi connectivity index (χ3n) is 3.50. The number of fused-ring (bicyclic) bond motifs is 1. The van der Waals surface area contributed by atoms with Crippen LogP contribution in [0.25, 0.3) is 0 Å². The lowest BCUT2D eigenvalue weighted by molar-refractivity contribution is 0.376. The van der Waals surface area contributed by atoms with Gasteiger partial charge in [0, 0.05) is 29.5 Å². The van der Waals surface area contributed by atoms with Gasteiger partial charge in [-0.2, -0.15) is 0 Å². The molecule has 2 unspecified atom stereocenters. The summed E-state index contributed by atoms with van der Waals surface area (Å²) in [5, 5.41) is 0. The van der Waals surface area contributed by atoms with Crippen LogP contribution in [0.2, 0.25) is 0 Å². The Hall–Kier alpha value is -1.27. The minimum Gasteiger partial charge on any atom is -0.496 e. The summed E-state index contributed by atoms with van der Waals surface area (Å²) in [7, 11) is 0.262. The molecule has 0 bridgehead atoms. The first-order valence-corrected chi connectivity index (χ1v) is 8.11. The van der Waals surface area contributed by atoms with Gasteiger partial charge in [0.25, 0.3) is 0 Å². The molecule has 0 fully saturated rings. The Bertz CT molecular complexity index is 596. The van der Waals surface area contributed by atoms with Gasteiger partial charge in [-0.15, -0.1) is 0 Å². The first kappa shape index (κ1) is 14.1. The molecule has 6 heteroatoms. The van der Waals surface area contributed by atoms with Crippen molar-refractivity contribution < 1.29 is 13.7 Å². The summed E-state index contributed by atoms with van der Waals surface area (Å²) in [6, 6.07) is 1.77. The topological polar surface area (TPSA) is 85.4 Å². The Morgan fingerprint density at radius 2 is 2.05 bits per heavy atom. The van der Waals surface area contributed by atoms with E-state index in [1.165, 1.54) is 6.26 Å². The molecule has 3 N–H and O–H groups in total. The minimum absolute atomic E-state index is 0.110. The zero-order chi connectivity index (χ0) is 14.2. The van der Waals surface area contributed by atoms with Crippen LogP contribution in [0.4, 0.5) is 0 Å². The summed E-state index contributed by atoms with van der Waals surface area (Å²) in [6.45, 7) is 0. The SMILES string of the molecule is COc1cc(S(C)(=N)=O)c(OC)c2c1CC(N)CC2. The van der Waals surface area contributed by atoms with E-state index in [0.717, 1.165) is 30.4 Å². The molecule has 0 radical (unpaired) electrons. The average Bonchev–Trinajstić information content (AvgIpc) is 2.35. The summed E-state index contributed by atoms with van der Waals surface area (Å²) >= 11 is 0. The van der Waals surface area contributed by atoms with Crippen molar-refractivity contribution in [3.8, 4) is 11.5 Å². The van der Waals surface area contributed by atoms with Gasteiger partial charge < -0.3 is 15.2 Å². The van der Waals surface area contributed by atoms with Gasteiger partial charge in [0.05, 0.1) is 28.8 Å². The molecule has 0 heterocycles. The second-order valence-corrected chi connectivity index (χ2v) is 7.04. The lowest BCUT2D eigenvalue weighted by Gasteiger charge is -2.26. The minimum atomic E-state index is -2.86. The number of benzene rings is 1. The fraction of sp³-hybridized carbons (Fsp3) is 0.538. The molecule has 0 aromatic heterocycles. The highest BCUT2D eigenvalue weighted by atomic mass is 32.2. The molecule has 1 aliphatic rings. The molecule has 2 atom stereocenters. The first-order chi connectivity index (χ1) is 8.88. The van der Waals surface area contributed by atoms with Gasteiger partial charge in [0.2, 0.25) is 0 Å². The molecule has 0 spiro atoms. The van der Waals surface area contributed by atoms with Gasteiger partial charge in [0.1, 0.15) is 11.5 Å². The largest absolute Gasteiger partial charge is 0.496 e. The van der Waals surface area contributed by atoms with Crippen LogP contribution in [0.5, 0.6) is 11.5 Å². The van der Waals surface area contributed by atoms with E-state index in [1.54, 1.807) is 20.3 Å². The van der Waals surface area contributed by atoms with Crippen LogP contribution >= 0.6 is 0 Å². The highest BCUT2D eigenvalue weighted by Crippen LogP contribution is 2.40. The molecule has 106 valence electrons. The van der Waals surface area contributed by atoms with Gasteiger partial charge in [-0.25, -0.2) is 8.99 Å². The fourth-order valence-corrected chi connectivity index (χ4v) is 3.48. The molecule has 2 rings (SSSR count). The zero-order valence-electron chi connectivity index (χ0n) is 11.5. The zero-order valence-corrected chi connectivity index (χ0v) is 12.3.